The van der Waals surface area contributed by atoms with Crippen molar-refractivity contribution in [3.05, 3.63) is 41.2 Å². The lowest BCUT2D eigenvalue weighted by molar-refractivity contribution is 0.311. The molecule has 0 unspecified atom stereocenters. The monoisotopic (exact) mass is 312 g/mol. The topological polar surface area (TPSA) is 30.9 Å². The number of nitrogens with zero attached hydrogens (tertiary/aromatic N) is 3. The molecule has 2 aliphatic heterocycles. The van der Waals surface area contributed by atoms with Gasteiger partial charge >= 0.3 is 0 Å². The minimum Gasteiger partial charge on any atom is -0.351 e. The third-order valence-corrected chi connectivity index (χ3v) is 4.70. The van der Waals surface area contributed by atoms with Crippen LogP contribution in [0.1, 0.15) is 37.5 Å². The van der Waals surface area contributed by atoms with Gasteiger partial charge in [0.2, 0.25) is 0 Å². The molecule has 0 radical (unpaired) electrons. The van der Waals surface area contributed by atoms with E-state index in [2.05, 4.69) is 81.2 Å². The van der Waals surface area contributed by atoms with Crippen LogP contribution in [-0.4, -0.2) is 30.1 Å². The van der Waals surface area contributed by atoms with Crippen molar-refractivity contribution in [3.8, 4) is 0 Å². The Morgan fingerprint density at radius 1 is 1.04 bits per heavy atom. The summed E-state index contributed by atoms with van der Waals surface area (Å²) in [6.45, 7) is 15.0. The highest BCUT2D eigenvalue weighted by Crippen LogP contribution is 2.29. The summed E-state index contributed by atoms with van der Waals surface area (Å²) in [5, 5.41) is 3.58. The highest BCUT2D eigenvalue weighted by molar-refractivity contribution is 5.84. The highest BCUT2D eigenvalue weighted by atomic mass is 15.4. The van der Waals surface area contributed by atoms with Gasteiger partial charge < -0.3 is 10.2 Å². The van der Waals surface area contributed by atoms with E-state index in [1.807, 2.05) is 0 Å². The Labute approximate surface area is 139 Å². The van der Waals surface area contributed by atoms with E-state index in [9.17, 15) is 0 Å². The van der Waals surface area contributed by atoms with Crippen LogP contribution in [-0.2, 0) is 0 Å². The van der Waals surface area contributed by atoms with E-state index in [1.165, 1.54) is 22.4 Å². The first kappa shape index (κ1) is 15.9. The van der Waals surface area contributed by atoms with Gasteiger partial charge in [0.05, 0.1) is 12.6 Å². The van der Waals surface area contributed by atoms with Crippen molar-refractivity contribution >= 4 is 11.6 Å². The smallest absolute Gasteiger partial charge is 0.199 e. The number of guanidine groups is 1. The Morgan fingerprint density at radius 3 is 2.22 bits per heavy atom. The minimum atomic E-state index is 0.221. The average Bonchev–Trinajstić information content (AvgIpc) is 3.04. The van der Waals surface area contributed by atoms with Crippen LogP contribution in [0.3, 0.4) is 0 Å². The zero-order valence-electron chi connectivity index (χ0n) is 15.1. The normalized spacial score (nSPS) is 21.0. The van der Waals surface area contributed by atoms with Crippen molar-refractivity contribution in [2.75, 3.05) is 18.1 Å². The molecule has 124 valence electrons. The standard InChI is InChI=1S/C19H28N4/c1-13-9-14(2)17(15(3)10-13)22-7-8-23(12-22)18-20-11-16(21-18)19(4,5)6/h7-10,16H,11-12H2,1-6H3,(H,20,21)/t16-/m1/s1. The molecule has 2 heterocycles. The van der Waals surface area contributed by atoms with Gasteiger partial charge in [-0.15, -0.1) is 0 Å². The Kier molecular flexibility index (Phi) is 3.86. The lowest BCUT2D eigenvalue weighted by Crippen LogP contribution is -2.46. The minimum absolute atomic E-state index is 0.221. The summed E-state index contributed by atoms with van der Waals surface area (Å²) >= 11 is 0. The van der Waals surface area contributed by atoms with Gasteiger partial charge in [0, 0.05) is 18.1 Å². The molecule has 3 rings (SSSR count). The fourth-order valence-electron chi connectivity index (χ4n) is 3.42. The quantitative estimate of drug-likeness (QED) is 0.860. The lowest BCUT2D eigenvalue weighted by Gasteiger charge is -2.29. The van der Waals surface area contributed by atoms with Crippen LogP contribution in [0, 0.1) is 26.2 Å². The predicted octanol–water partition coefficient (Wildman–Crippen LogP) is 3.54. The molecule has 1 N–H and O–H groups in total. The Hall–Kier alpha value is -1.97. The van der Waals surface area contributed by atoms with Crippen LogP contribution in [0.4, 0.5) is 5.69 Å². The second-order valence-electron chi connectivity index (χ2n) is 7.85. The molecule has 0 saturated heterocycles. The number of anilines is 1. The Bertz CT molecular complexity index is 643. The van der Waals surface area contributed by atoms with Gasteiger partial charge in [-0.25, -0.2) is 0 Å². The summed E-state index contributed by atoms with van der Waals surface area (Å²) in [5.41, 5.74) is 5.49. The van der Waals surface area contributed by atoms with Crippen molar-refractivity contribution in [1.29, 1.82) is 0 Å². The highest BCUT2D eigenvalue weighted by Gasteiger charge is 2.32. The fraction of sp³-hybridized carbons (Fsp3) is 0.526. The fourth-order valence-corrected chi connectivity index (χ4v) is 3.42. The molecule has 4 heteroatoms. The van der Waals surface area contributed by atoms with E-state index < -0.39 is 0 Å². The average molecular weight is 312 g/mol. The van der Waals surface area contributed by atoms with Crippen molar-refractivity contribution in [2.24, 2.45) is 10.4 Å². The molecule has 0 amide bonds. The van der Waals surface area contributed by atoms with E-state index in [0.717, 1.165) is 19.2 Å². The van der Waals surface area contributed by atoms with Crippen LogP contribution < -0.4 is 10.2 Å². The van der Waals surface area contributed by atoms with Gasteiger partial charge in [-0.1, -0.05) is 38.5 Å². The summed E-state index contributed by atoms with van der Waals surface area (Å²) in [6, 6.07) is 4.90. The predicted molar refractivity (Wildman–Crippen MR) is 97.7 cm³/mol. The summed E-state index contributed by atoms with van der Waals surface area (Å²) in [6.07, 6.45) is 4.27. The molecule has 0 aliphatic carbocycles. The summed E-state index contributed by atoms with van der Waals surface area (Å²) in [7, 11) is 0. The molecule has 0 bridgehead atoms. The van der Waals surface area contributed by atoms with E-state index >= 15 is 0 Å². The van der Waals surface area contributed by atoms with Gasteiger partial charge in [-0.2, -0.15) is 0 Å². The molecule has 2 aliphatic rings. The second-order valence-corrected chi connectivity index (χ2v) is 7.85. The maximum absolute atomic E-state index is 4.71. The molecule has 1 atom stereocenters. The maximum Gasteiger partial charge on any atom is 0.199 e. The van der Waals surface area contributed by atoms with Crippen LogP contribution in [0.5, 0.6) is 0 Å². The third-order valence-electron chi connectivity index (χ3n) is 4.70. The molecule has 1 aromatic rings. The number of aliphatic imine (C=N–C) groups is 1. The van der Waals surface area contributed by atoms with E-state index in [-0.39, 0.29) is 5.41 Å². The van der Waals surface area contributed by atoms with Crippen LogP contribution in [0.2, 0.25) is 0 Å². The molecule has 1 aromatic carbocycles. The van der Waals surface area contributed by atoms with Crippen LogP contribution >= 0.6 is 0 Å². The number of hydrogen-bond acceptors (Lipinski definition) is 4. The number of hydrogen-bond donors (Lipinski definition) is 1. The van der Waals surface area contributed by atoms with Crippen molar-refractivity contribution in [2.45, 2.75) is 47.6 Å². The molecular weight excluding hydrogens is 284 g/mol. The maximum atomic E-state index is 4.71. The molecule has 23 heavy (non-hydrogen) atoms. The largest absolute Gasteiger partial charge is 0.351 e. The van der Waals surface area contributed by atoms with Crippen molar-refractivity contribution in [1.82, 2.24) is 10.2 Å². The van der Waals surface area contributed by atoms with Gasteiger partial charge in [0.1, 0.15) is 6.67 Å². The van der Waals surface area contributed by atoms with E-state index in [0.29, 0.717) is 6.04 Å². The van der Waals surface area contributed by atoms with Crippen LogP contribution in [0.25, 0.3) is 0 Å². The first-order chi connectivity index (χ1) is 10.8. The van der Waals surface area contributed by atoms with E-state index in [1.54, 1.807) is 0 Å². The van der Waals surface area contributed by atoms with Crippen molar-refractivity contribution in [3.63, 3.8) is 0 Å². The first-order valence-corrected chi connectivity index (χ1v) is 8.36. The second kappa shape index (κ2) is 5.59. The number of benzene rings is 1. The number of aryl methyl sites for hydroxylation is 3. The van der Waals surface area contributed by atoms with Gasteiger partial charge in [-0.05, 0) is 37.3 Å². The van der Waals surface area contributed by atoms with Crippen LogP contribution in [0.15, 0.2) is 29.5 Å². The summed E-state index contributed by atoms with van der Waals surface area (Å²) < 4.78 is 0. The lowest BCUT2D eigenvalue weighted by atomic mass is 9.87. The first-order valence-electron chi connectivity index (χ1n) is 8.36. The molecule has 0 saturated carbocycles. The molecule has 0 fully saturated rings. The molecular formula is C19H28N4. The number of nitrogens with one attached hydrogen (secondary N) is 1. The van der Waals surface area contributed by atoms with Gasteiger partial charge in [0.25, 0.3) is 0 Å². The zero-order valence-corrected chi connectivity index (χ0v) is 15.1. The summed E-state index contributed by atoms with van der Waals surface area (Å²) in [5.74, 6) is 0.992. The number of rotatable bonds is 1. The Morgan fingerprint density at radius 2 is 1.65 bits per heavy atom. The Balaban J connectivity index is 1.73. The summed E-state index contributed by atoms with van der Waals surface area (Å²) in [4.78, 5) is 9.21. The third kappa shape index (κ3) is 3.07. The molecule has 0 aromatic heterocycles. The zero-order chi connectivity index (χ0) is 16.8. The van der Waals surface area contributed by atoms with Gasteiger partial charge in [-0.3, -0.25) is 9.89 Å². The van der Waals surface area contributed by atoms with E-state index in [4.69, 9.17) is 4.99 Å². The SMILES string of the molecule is Cc1cc(C)c(N2C=CN(C3=NC[C@H](C(C)(C)C)N3)C2)c(C)c1. The molecule has 4 nitrogen and oxygen atoms in total. The molecule has 0 spiro atoms. The van der Waals surface area contributed by atoms with Gasteiger partial charge in [0.15, 0.2) is 5.96 Å². The van der Waals surface area contributed by atoms with Crippen molar-refractivity contribution < 1.29 is 0 Å².